The fraction of sp³-hybridized carbons (Fsp3) is 0.0909. The number of hydrogen-bond acceptors (Lipinski definition) is 4. The number of para-hydroxylation sites is 1. The maximum absolute atomic E-state index is 12.5. The molecule has 2 N–H and O–H groups in total. The Kier molecular flexibility index (Phi) is 5.48. The minimum Gasteiger partial charge on any atom is -0.482 e. The molecule has 7 heteroatoms. The van der Waals surface area contributed by atoms with Gasteiger partial charge >= 0.3 is 0 Å². The standard InChI is InChI=1S/C22H18BrN3O3/c23-15-6-11-19-20(12-15)29-14-22(28)26(19)13-21(27)25-18-9-7-17(8-10-18)24-16-4-2-1-3-5-16/h1-12,24H,13-14H2,(H,25,27). The maximum atomic E-state index is 12.5. The number of benzene rings is 3. The Labute approximate surface area is 176 Å². The van der Waals surface area contributed by atoms with Crippen molar-refractivity contribution in [3.8, 4) is 5.75 Å². The molecule has 0 spiro atoms. The van der Waals surface area contributed by atoms with Crippen LogP contribution in [-0.4, -0.2) is 25.0 Å². The number of nitrogens with zero attached hydrogens (tertiary/aromatic N) is 1. The summed E-state index contributed by atoms with van der Waals surface area (Å²) in [6, 6.07) is 22.6. The monoisotopic (exact) mass is 451 g/mol. The van der Waals surface area contributed by atoms with Crippen LogP contribution in [0.1, 0.15) is 0 Å². The zero-order chi connectivity index (χ0) is 20.2. The van der Waals surface area contributed by atoms with Gasteiger partial charge in [0.25, 0.3) is 5.91 Å². The third-order valence-electron chi connectivity index (χ3n) is 4.40. The highest BCUT2D eigenvalue weighted by Crippen LogP contribution is 2.34. The molecule has 0 aromatic heterocycles. The second-order valence-electron chi connectivity index (χ2n) is 6.50. The zero-order valence-corrected chi connectivity index (χ0v) is 17.0. The molecule has 4 rings (SSSR count). The van der Waals surface area contributed by atoms with Crippen LogP contribution in [0.2, 0.25) is 0 Å². The van der Waals surface area contributed by atoms with E-state index in [0.29, 0.717) is 17.1 Å². The largest absolute Gasteiger partial charge is 0.482 e. The van der Waals surface area contributed by atoms with Crippen molar-refractivity contribution in [2.45, 2.75) is 0 Å². The van der Waals surface area contributed by atoms with Gasteiger partial charge in [0.05, 0.1) is 5.69 Å². The van der Waals surface area contributed by atoms with Gasteiger partial charge in [-0.2, -0.15) is 0 Å². The number of carbonyl (C=O) groups is 2. The molecule has 0 fully saturated rings. The lowest BCUT2D eigenvalue weighted by Crippen LogP contribution is -2.43. The Morgan fingerprint density at radius 1 is 0.966 bits per heavy atom. The number of rotatable bonds is 5. The first kappa shape index (κ1) is 19.0. The van der Waals surface area contributed by atoms with Gasteiger partial charge < -0.3 is 15.4 Å². The van der Waals surface area contributed by atoms with Crippen LogP contribution in [0.15, 0.2) is 77.3 Å². The fourth-order valence-corrected chi connectivity index (χ4v) is 3.36. The van der Waals surface area contributed by atoms with Crippen LogP contribution in [0.25, 0.3) is 0 Å². The molecule has 0 bridgehead atoms. The number of anilines is 4. The van der Waals surface area contributed by atoms with E-state index in [1.165, 1.54) is 4.90 Å². The summed E-state index contributed by atoms with van der Waals surface area (Å²) in [5.74, 6) is 0.0402. The van der Waals surface area contributed by atoms with Crippen LogP contribution in [0.3, 0.4) is 0 Å². The lowest BCUT2D eigenvalue weighted by atomic mass is 10.2. The fourth-order valence-electron chi connectivity index (χ4n) is 3.02. The minimum absolute atomic E-state index is 0.0825. The number of hydrogen-bond donors (Lipinski definition) is 2. The van der Waals surface area contributed by atoms with Crippen LogP contribution in [-0.2, 0) is 9.59 Å². The second-order valence-corrected chi connectivity index (χ2v) is 7.41. The van der Waals surface area contributed by atoms with Gasteiger partial charge in [-0.15, -0.1) is 0 Å². The Balaban J connectivity index is 1.40. The highest BCUT2D eigenvalue weighted by molar-refractivity contribution is 9.10. The average molecular weight is 452 g/mol. The van der Waals surface area contributed by atoms with E-state index in [1.54, 1.807) is 12.1 Å². The van der Waals surface area contributed by atoms with Crippen molar-refractivity contribution >= 4 is 50.5 Å². The molecule has 3 aromatic rings. The van der Waals surface area contributed by atoms with Gasteiger partial charge in [-0.3, -0.25) is 14.5 Å². The van der Waals surface area contributed by atoms with E-state index >= 15 is 0 Å². The van der Waals surface area contributed by atoms with Gasteiger partial charge in [0.2, 0.25) is 5.91 Å². The molecule has 2 amide bonds. The topological polar surface area (TPSA) is 70.7 Å². The molecular formula is C22H18BrN3O3. The molecule has 0 saturated heterocycles. The van der Waals surface area contributed by atoms with Crippen LogP contribution in [0.5, 0.6) is 5.75 Å². The number of nitrogens with one attached hydrogen (secondary N) is 2. The summed E-state index contributed by atoms with van der Waals surface area (Å²) in [5.41, 5.74) is 3.14. The predicted octanol–water partition coefficient (Wildman–Crippen LogP) is 4.56. The molecule has 3 aromatic carbocycles. The lowest BCUT2D eigenvalue weighted by molar-refractivity contribution is -0.123. The number of halogens is 1. The molecule has 1 heterocycles. The van der Waals surface area contributed by atoms with Crippen molar-refractivity contribution < 1.29 is 14.3 Å². The molecule has 0 saturated carbocycles. The van der Waals surface area contributed by atoms with Crippen LogP contribution >= 0.6 is 15.9 Å². The summed E-state index contributed by atoms with van der Waals surface area (Å²) in [7, 11) is 0. The highest BCUT2D eigenvalue weighted by Gasteiger charge is 2.27. The average Bonchev–Trinajstić information content (AvgIpc) is 2.72. The normalized spacial score (nSPS) is 12.7. The number of ether oxygens (including phenoxy) is 1. The SMILES string of the molecule is O=C(CN1C(=O)COc2cc(Br)ccc21)Nc1ccc(Nc2ccccc2)cc1. The molecule has 1 aliphatic heterocycles. The third-order valence-corrected chi connectivity index (χ3v) is 4.89. The Morgan fingerprint density at radius 3 is 2.41 bits per heavy atom. The van der Waals surface area contributed by atoms with Crippen LogP contribution in [0.4, 0.5) is 22.7 Å². The number of amides is 2. The summed E-state index contributed by atoms with van der Waals surface area (Å²) in [6.45, 7) is -0.169. The van der Waals surface area contributed by atoms with E-state index < -0.39 is 0 Å². The van der Waals surface area contributed by atoms with E-state index in [0.717, 1.165) is 15.8 Å². The predicted molar refractivity (Wildman–Crippen MR) is 117 cm³/mol. The number of carbonyl (C=O) groups excluding carboxylic acids is 2. The Bertz CT molecular complexity index is 1040. The summed E-state index contributed by atoms with van der Waals surface area (Å²) in [4.78, 5) is 26.2. The zero-order valence-electron chi connectivity index (χ0n) is 15.4. The van der Waals surface area contributed by atoms with Gasteiger partial charge in [-0.05, 0) is 54.6 Å². The first-order valence-corrected chi connectivity index (χ1v) is 9.82. The molecule has 1 aliphatic rings. The quantitative estimate of drug-likeness (QED) is 0.596. The maximum Gasteiger partial charge on any atom is 0.265 e. The first-order valence-electron chi connectivity index (χ1n) is 9.03. The molecule has 0 radical (unpaired) electrons. The van der Waals surface area contributed by atoms with Gasteiger partial charge in [0.1, 0.15) is 12.3 Å². The van der Waals surface area contributed by atoms with Gasteiger partial charge in [-0.1, -0.05) is 34.1 Å². The van der Waals surface area contributed by atoms with Gasteiger partial charge in [-0.25, -0.2) is 0 Å². The summed E-state index contributed by atoms with van der Waals surface area (Å²) in [5, 5.41) is 6.12. The van der Waals surface area contributed by atoms with Crippen molar-refractivity contribution in [3.05, 3.63) is 77.3 Å². The van der Waals surface area contributed by atoms with Crippen molar-refractivity contribution in [2.24, 2.45) is 0 Å². The molecule has 0 unspecified atom stereocenters. The van der Waals surface area contributed by atoms with E-state index in [4.69, 9.17) is 4.74 Å². The number of fused-ring (bicyclic) bond motifs is 1. The first-order chi connectivity index (χ1) is 14.1. The molecule has 0 atom stereocenters. The van der Waals surface area contributed by atoms with Crippen molar-refractivity contribution in [2.75, 3.05) is 28.7 Å². The molecule has 6 nitrogen and oxygen atoms in total. The van der Waals surface area contributed by atoms with E-state index in [2.05, 4.69) is 26.6 Å². The van der Waals surface area contributed by atoms with Crippen molar-refractivity contribution in [1.29, 1.82) is 0 Å². The highest BCUT2D eigenvalue weighted by atomic mass is 79.9. The minimum atomic E-state index is -0.280. The Hall–Kier alpha value is -3.32. The van der Waals surface area contributed by atoms with Crippen LogP contribution < -0.4 is 20.3 Å². The summed E-state index contributed by atoms with van der Waals surface area (Å²) in [6.07, 6.45) is 0. The third kappa shape index (κ3) is 4.57. The van der Waals surface area contributed by atoms with Crippen molar-refractivity contribution in [1.82, 2.24) is 0 Å². The lowest BCUT2D eigenvalue weighted by Gasteiger charge is -2.29. The Morgan fingerprint density at radius 2 is 1.66 bits per heavy atom. The van der Waals surface area contributed by atoms with E-state index in [-0.39, 0.29) is 25.0 Å². The van der Waals surface area contributed by atoms with Gasteiger partial charge in [0.15, 0.2) is 6.61 Å². The van der Waals surface area contributed by atoms with Crippen molar-refractivity contribution in [3.63, 3.8) is 0 Å². The van der Waals surface area contributed by atoms with Gasteiger partial charge in [0, 0.05) is 21.5 Å². The molecular weight excluding hydrogens is 434 g/mol. The summed E-state index contributed by atoms with van der Waals surface area (Å²) >= 11 is 3.38. The second kappa shape index (κ2) is 8.36. The summed E-state index contributed by atoms with van der Waals surface area (Å²) < 4.78 is 6.30. The molecule has 0 aliphatic carbocycles. The van der Waals surface area contributed by atoms with Crippen LogP contribution in [0, 0.1) is 0 Å². The smallest absolute Gasteiger partial charge is 0.265 e. The molecule has 29 heavy (non-hydrogen) atoms. The van der Waals surface area contributed by atoms with E-state index in [9.17, 15) is 9.59 Å². The molecule has 146 valence electrons. The van der Waals surface area contributed by atoms with E-state index in [1.807, 2.05) is 60.7 Å².